The fourth-order valence-electron chi connectivity index (χ4n) is 3.72. The van der Waals surface area contributed by atoms with Gasteiger partial charge in [-0.2, -0.15) is 26.3 Å². The minimum atomic E-state index is -5.00. The van der Waals surface area contributed by atoms with Gasteiger partial charge in [-0.1, -0.05) is 36.9 Å². The number of halogens is 6. The van der Waals surface area contributed by atoms with Crippen LogP contribution in [0.2, 0.25) is 0 Å². The van der Waals surface area contributed by atoms with Crippen LogP contribution in [0.3, 0.4) is 0 Å². The molecule has 11 heteroatoms. The molecule has 2 aromatic rings. The molecule has 0 amide bonds. The van der Waals surface area contributed by atoms with Gasteiger partial charge in [0, 0.05) is 16.9 Å². The largest absolute Gasteiger partial charge is 0.491 e. The number of nitrogens with one attached hydrogen (secondary N) is 1. The van der Waals surface area contributed by atoms with Crippen molar-refractivity contribution in [3.8, 4) is 0 Å². The molecule has 1 fully saturated rings. The molecule has 0 spiro atoms. The average molecular weight is 474 g/mol. The highest BCUT2D eigenvalue weighted by molar-refractivity contribution is 5.60. The van der Waals surface area contributed by atoms with E-state index in [9.17, 15) is 36.5 Å². The molecule has 0 saturated carbocycles. The van der Waals surface area contributed by atoms with Crippen molar-refractivity contribution in [2.24, 2.45) is 0 Å². The Bertz CT molecular complexity index is 981. The number of rotatable bonds is 6. The van der Waals surface area contributed by atoms with E-state index in [2.05, 4.69) is 11.9 Å². The van der Waals surface area contributed by atoms with Crippen LogP contribution in [-0.2, 0) is 22.6 Å². The van der Waals surface area contributed by atoms with Gasteiger partial charge >= 0.3 is 12.4 Å². The molecule has 3 rings (SSSR count). The fraction of sp³-hybridized carbons (Fsp3) is 0.364. The normalized spacial score (nSPS) is 21.5. The van der Waals surface area contributed by atoms with Crippen LogP contribution in [0.15, 0.2) is 55.1 Å². The first-order chi connectivity index (χ1) is 15.3. The Morgan fingerprint density at radius 2 is 1.67 bits per heavy atom. The molecule has 0 aliphatic carbocycles. The highest BCUT2D eigenvalue weighted by Gasteiger charge is 2.41. The van der Waals surface area contributed by atoms with E-state index in [1.165, 1.54) is 0 Å². The second-order valence-electron chi connectivity index (χ2n) is 7.81. The Labute approximate surface area is 185 Å². The predicted molar refractivity (Wildman–Crippen MR) is 108 cm³/mol. The van der Waals surface area contributed by atoms with Gasteiger partial charge in [-0.25, -0.2) is 0 Å². The van der Waals surface area contributed by atoms with E-state index < -0.39 is 45.5 Å². The van der Waals surface area contributed by atoms with E-state index >= 15 is 0 Å². The van der Waals surface area contributed by atoms with E-state index in [0.29, 0.717) is 12.1 Å². The van der Waals surface area contributed by atoms with Crippen molar-refractivity contribution in [1.29, 1.82) is 0 Å². The van der Waals surface area contributed by atoms with Gasteiger partial charge in [0.2, 0.25) is 6.04 Å². The third-order valence-corrected chi connectivity index (χ3v) is 5.61. The zero-order valence-corrected chi connectivity index (χ0v) is 17.2. The first kappa shape index (κ1) is 24.6. The van der Waals surface area contributed by atoms with Crippen molar-refractivity contribution in [2.45, 2.75) is 36.8 Å². The van der Waals surface area contributed by atoms with Crippen molar-refractivity contribution in [3.63, 3.8) is 0 Å². The second kappa shape index (κ2) is 9.05. The zero-order chi connectivity index (χ0) is 24.4. The summed E-state index contributed by atoms with van der Waals surface area (Å²) in [4.78, 5) is 10.7. The molecule has 0 radical (unpaired) electrons. The van der Waals surface area contributed by atoms with E-state index in [-0.39, 0.29) is 37.8 Å². The Morgan fingerprint density at radius 3 is 2.12 bits per heavy atom. The fourth-order valence-corrected chi connectivity index (χ4v) is 3.72. The smallest absolute Gasteiger partial charge is 0.416 e. The highest BCUT2D eigenvalue weighted by atomic mass is 19.4. The molecule has 1 aliphatic heterocycles. The molecule has 1 unspecified atom stereocenters. The SMILES string of the molecule is C=C(OC[C@@]1(c2ccccc2)CCC([N+](=O)[O-])CN1)c1cc(C(F)(F)F)cc(C(F)(F)F)c1. The lowest BCUT2D eigenvalue weighted by atomic mass is 9.81. The molecular formula is C22H20F6N2O3. The molecule has 0 aromatic heterocycles. The monoisotopic (exact) mass is 474 g/mol. The van der Waals surface area contributed by atoms with E-state index in [0.717, 1.165) is 5.56 Å². The summed E-state index contributed by atoms with van der Waals surface area (Å²) in [5.74, 6) is -0.375. The van der Waals surface area contributed by atoms with E-state index in [1.54, 1.807) is 30.3 Å². The molecule has 1 heterocycles. The molecule has 5 nitrogen and oxygen atoms in total. The van der Waals surface area contributed by atoms with Crippen LogP contribution in [-0.4, -0.2) is 24.1 Å². The van der Waals surface area contributed by atoms with Crippen LogP contribution in [0.25, 0.3) is 5.76 Å². The first-order valence-electron chi connectivity index (χ1n) is 9.87. The van der Waals surface area contributed by atoms with Gasteiger partial charge in [-0.15, -0.1) is 0 Å². The Morgan fingerprint density at radius 1 is 1.09 bits per heavy atom. The summed E-state index contributed by atoms with van der Waals surface area (Å²) in [6.45, 7) is 3.36. The highest BCUT2D eigenvalue weighted by Crippen LogP contribution is 2.38. The lowest BCUT2D eigenvalue weighted by Gasteiger charge is -2.39. The number of hydrogen-bond acceptors (Lipinski definition) is 4. The predicted octanol–water partition coefficient (Wildman–Crippen LogP) is 5.64. The number of benzene rings is 2. The molecule has 1 N–H and O–H groups in total. The number of ether oxygens (including phenoxy) is 1. The minimum absolute atomic E-state index is 0.0273. The summed E-state index contributed by atoms with van der Waals surface area (Å²) < 4.78 is 84.5. The van der Waals surface area contributed by atoms with Gasteiger partial charge in [0.1, 0.15) is 12.4 Å². The van der Waals surface area contributed by atoms with Crippen LogP contribution in [0.1, 0.15) is 35.1 Å². The number of alkyl halides is 6. The molecule has 178 valence electrons. The summed E-state index contributed by atoms with van der Waals surface area (Å²) in [7, 11) is 0. The topological polar surface area (TPSA) is 64.4 Å². The summed E-state index contributed by atoms with van der Waals surface area (Å²) >= 11 is 0. The number of nitrogens with zero attached hydrogens (tertiary/aromatic N) is 1. The zero-order valence-electron chi connectivity index (χ0n) is 17.2. The van der Waals surface area contributed by atoms with Crippen molar-refractivity contribution in [3.05, 3.63) is 87.5 Å². The molecule has 1 aliphatic rings. The maximum Gasteiger partial charge on any atom is 0.416 e. The first-order valence-corrected chi connectivity index (χ1v) is 9.87. The van der Waals surface area contributed by atoms with Crippen LogP contribution >= 0.6 is 0 Å². The lowest BCUT2D eigenvalue weighted by molar-refractivity contribution is -0.524. The molecule has 33 heavy (non-hydrogen) atoms. The quantitative estimate of drug-likeness (QED) is 0.255. The van der Waals surface area contributed by atoms with Crippen LogP contribution in [0.4, 0.5) is 26.3 Å². The van der Waals surface area contributed by atoms with Gasteiger partial charge < -0.3 is 4.74 Å². The third-order valence-electron chi connectivity index (χ3n) is 5.61. The average Bonchev–Trinajstić information content (AvgIpc) is 2.76. The van der Waals surface area contributed by atoms with Crippen LogP contribution in [0, 0.1) is 10.1 Å². The number of hydrogen-bond donors (Lipinski definition) is 1. The van der Waals surface area contributed by atoms with Crippen molar-refractivity contribution < 1.29 is 36.0 Å². The second-order valence-corrected chi connectivity index (χ2v) is 7.81. The molecule has 1 saturated heterocycles. The molecule has 2 aromatic carbocycles. The van der Waals surface area contributed by atoms with E-state index in [4.69, 9.17) is 4.74 Å². The van der Waals surface area contributed by atoms with Crippen molar-refractivity contribution in [1.82, 2.24) is 5.32 Å². The van der Waals surface area contributed by atoms with Gasteiger partial charge in [0.25, 0.3) is 0 Å². The van der Waals surface area contributed by atoms with Crippen LogP contribution in [0.5, 0.6) is 0 Å². The molecule has 0 bridgehead atoms. The maximum atomic E-state index is 13.2. The third kappa shape index (κ3) is 5.65. The number of nitro groups is 1. The summed E-state index contributed by atoms with van der Waals surface area (Å²) in [5, 5.41) is 14.2. The number of piperidine rings is 1. The Balaban J connectivity index is 1.87. The van der Waals surface area contributed by atoms with Gasteiger partial charge in [0.15, 0.2) is 0 Å². The summed E-state index contributed by atoms with van der Waals surface area (Å²) in [6, 6.07) is 9.08. The van der Waals surface area contributed by atoms with Crippen molar-refractivity contribution >= 4 is 5.76 Å². The van der Waals surface area contributed by atoms with Crippen molar-refractivity contribution in [2.75, 3.05) is 13.2 Å². The van der Waals surface area contributed by atoms with Gasteiger partial charge in [-0.05, 0) is 30.2 Å². The molecule has 2 atom stereocenters. The van der Waals surface area contributed by atoms with Gasteiger partial charge in [-0.3, -0.25) is 15.4 Å². The maximum absolute atomic E-state index is 13.2. The lowest BCUT2D eigenvalue weighted by Crippen LogP contribution is -2.54. The molecular weight excluding hydrogens is 454 g/mol. The van der Waals surface area contributed by atoms with Gasteiger partial charge in [0.05, 0.1) is 23.2 Å². The summed E-state index contributed by atoms with van der Waals surface area (Å²) in [6.07, 6.45) is -9.51. The van der Waals surface area contributed by atoms with Crippen LogP contribution < -0.4 is 5.32 Å². The minimum Gasteiger partial charge on any atom is -0.491 e. The Kier molecular flexibility index (Phi) is 6.73. The summed E-state index contributed by atoms with van der Waals surface area (Å²) in [5.41, 5.74) is -3.61. The standard InChI is InChI=1S/C22H20F6N2O3/c1-14(15-9-17(21(23,24)25)11-18(10-15)22(26,27)28)33-13-20(16-5-3-2-4-6-16)8-7-19(12-29-20)30(31)32/h2-6,9-11,19,29H,1,7-8,12-13H2/t19?,20-/m1/s1. The van der Waals surface area contributed by atoms with E-state index in [1.807, 2.05) is 0 Å². The Hall–Kier alpha value is -3.08.